The molecule has 0 amide bonds. The molecule has 0 fully saturated rings. The summed E-state index contributed by atoms with van der Waals surface area (Å²) in [5, 5.41) is 18.9. The monoisotopic (exact) mass is 337 g/mol. The van der Waals surface area contributed by atoms with Crippen LogP contribution in [0.3, 0.4) is 0 Å². The zero-order valence-electron chi connectivity index (χ0n) is 13.7. The topological polar surface area (TPSA) is 79.6 Å². The van der Waals surface area contributed by atoms with Gasteiger partial charge in [-0.2, -0.15) is 5.26 Å². The minimum Gasteiger partial charge on any atom is -0.489 e. The molecular weight excluding hydrogens is 318 g/mol. The Labute approximate surface area is 146 Å². The number of hydrogen-bond acceptors (Lipinski definition) is 4. The van der Waals surface area contributed by atoms with Gasteiger partial charge in [-0.15, -0.1) is 6.58 Å². The van der Waals surface area contributed by atoms with Gasteiger partial charge in [0.25, 0.3) is 0 Å². The van der Waals surface area contributed by atoms with Crippen molar-refractivity contribution >= 4 is 5.97 Å². The number of ether oxygens (including phenoxy) is 2. The van der Waals surface area contributed by atoms with Crippen molar-refractivity contribution in [1.29, 1.82) is 5.26 Å². The molecule has 25 heavy (non-hydrogen) atoms. The lowest BCUT2D eigenvalue weighted by molar-refractivity contribution is -0.138. The fraction of sp³-hybridized carbons (Fsp3) is 0.200. The third kappa shape index (κ3) is 3.70. The molecule has 128 valence electrons. The summed E-state index contributed by atoms with van der Waals surface area (Å²) in [5.74, 6) is -1.38. The van der Waals surface area contributed by atoms with Crippen LogP contribution < -0.4 is 4.74 Å². The summed E-state index contributed by atoms with van der Waals surface area (Å²) >= 11 is 0. The van der Waals surface area contributed by atoms with Crippen LogP contribution in [0, 0.1) is 17.2 Å². The molecule has 0 radical (unpaired) electrons. The summed E-state index contributed by atoms with van der Waals surface area (Å²) in [6, 6.07) is 9.26. The molecule has 1 aliphatic rings. The number of carboxylic acids is 1. The number of hydrogen-bond donors (Lipinski definition) is 1. The van der Waals surface area contributed by atoms with E-state index in [1.807, 2.05) is 6.07 Å². The highest BCUT2D eigenvalue weighted by Gasteiger charge is 2.41. The predicted molar refractivity (Wildman–Crippen MR) is 93.9 cm³/mol. The van der Waals surface area contributed by atoms with Crippen molar-refractivity contribution in [3.63, 3.8) is 0 Å². The zero-order valence-corrected chi connectivity index (χ0v) is 13.7. The fourth-order valence-corrected chi connectivity index (χ4v) is 2.64. The van der Waals surface area contributed by atoms with E-state index in [-0.39, 0.29) is 12.2 Å². The van der Waals surface area contributed by atoms with Gasteiger partial charge >= 0.3 is 5.97 Å². The Morgan fingerprint density at radius 1 is 1.32 bits per heavy atom. The van der Waals surface area contributed by atoms with Crippen LogP contribution in [0.15, 0.2) is 73.4 Å². The number of carbonyl (C=O) groups is 1. The first kappa shape index (κ1) is 18.2. The highest BCUT2D eigenvalue weighted by Crippen LogP contribution is 2.43. The maximum Gasteiger partial charge on any atom is 0.314 e. The van der Waals surface area contributed by atoms with Crippen molar-refractivity contribution in [2.24, 2.45) is 5.92 Å². The largest absolute Gasteiger partial charge is 0.489 e. The molecular formula is C20H19NO4. The van der Waals surface area contributed by atoms with Crippen LogP contribution in [-0.4, -0.2) is 24.3 Å². The van der Waals surface area contributed by atoms with E-state index >= 15 is 0 Å². The summed E-state index contributed by atoms with van der Waals surface area (Å²) in [4.78, 5) is 11.3. The highest BCUT2D eigenvalue weighted by molar-refractivity contribution is 5.76. The van der Waals surface area contributed by atoms with Crippen molar-refractivity contribution in [3.8, 4) is 11.8 Å². The van der Waals surface area contributed by atoms with Gasteiger partial charge in [-0.25, -0.2) is 0 Å². The molecule has 0 saturated heterocycles. The molecule has 0 bridgehead atoms. The second kappa shape index (κ2) is 8.13. The van der Waals surface area contributed by atoms with E-state index in [9.17, 15) is 15.2 Å². The van der Waals surface area contributed by atoms with Gasteiger partial charge in [-0.1, -0.05) is 43.0 Å². The summed E-state index contributed by atoms with van der Waals surface area (Å²) in [5.41, 5.74) is -0.419. The number of para-hydroxylation sites is 1. The quantitative estimate of drug-likeness (QED) is 0.736. The maximum absolute atomic E-state index is 11.3. The number of nitriles is 1. The van der Waals surface area contributed by atoms with Crippen molar-refractivity contribution in [2.45, 2.75) is 5.60 Å². The molecule has 0 heterocycles. The summed E-state index contributed by atoms with van der Waals surface area (Å²) in [7, 11) is 0. The van der Waals surface area contributed by atoms with Gasteiger partial charge in [-0.05, 0) is 18.2 Å². The number of benzene rings is 1. The lowest BCUT2D eigenvalue weighted by atomic mass is 9.79. The maximum atomic E-state index is 11.3. The Bertz CT molecular complexity index is 772. The van der Waals surface area contributed by atoms with E-state index in [1.54, 1.807) is 36.4 Å². The van der Waals surface area contributed by atoms with Gasteiger partial charge in [0, 0.05) is 5.56 Å². The van der Waals surface area contributed by atoms with E-state index in [4.69, 9.17) is 9.47 Å². The molecule has 1 aromatic carbocycles. The lowest BCUT2D eigenvalue weighted by Crippen LogP contribution is -2.34. The second-order valence-corrected chi connectivity index (χ2v) is 5.35. The smallest absolute Gasteiger partial charge is 0.314 e. The van der Waals surface area contributed by atoms with Gasteiger partial charge < -0.3 is 14.6 Å². The first-order chi connectivity index (χ1) is 12.1. The molecule has 0 spiro atoms. The van der Waals surface area contributed by atoms with Gasteiger partial charge in [0.2, 0.25) is 0 Å². The van der Waals surface area contributed by atoms with E-state index in [2.05, 4.69) is 19.2 Å². The van der Waals surface area contributed by atoms with E-state index < -0.39 is 17.5 Å². The van der Waals surface area contributed by atoms with Gasteiger partial charge in [0.15, 0.2) is 0 Å². The van der Waals surface area contributed by atoms with Crippen molar-refractivity contribution in [1.82, 2.24) is 0 Å². The molecule has 0 saturated carbocycles. The average Bonchev–Trinajstić information content (AvgIpc) is 2.64. The molecule has 2 unspecified atom stereocenters. The summed E-state index contributed by atoms with van der Waals surface area (Å²) < 4.78 is 11.7. The molecule has 1 aromatic rings. The fourth-order valence-electron chi connectivity index (χ4n) is 2.64. The third-order valence-corrected chi connectivity index (χ3v) is 3.76. The van der Waals surface area contributed by atoms with Crippen LogP contribution in [0.2, 0.25) is 0 Å². The number of nitrogens with zero attached hydrogens (tertiary/aromatic N) is 1. The van der Waals surface area contributed by atoms with Crippen LogP contribution in [0.1, 0.15) is 5.56 Å². The summed E-state index contributed by atoms with van der Waals surface area (Å²) in [6.45, 7) is 7.75. The van der Waals surface area contributed by atoms with Crippen LogP contribution in [-0.2, 0) is 15.1 Å². The van der Waals surface area contributed by atoms with Gasteiger partial charge in [-0.3, -0.25) is 4.79 Å². The number of rotatable bonds is 8. The molecule has 1 N–H and O–H groups in total. The Kier molecular flexibility index (Phi) is 5.93. The lowest BCUT2D eigenvalue weighted by Gasteiger charge is -2.34. The normalized spacial score (nSPS) is 21.7. The average molecular weight is 337 g/mol. The minimum absolute atomic E-state index is 0.177. The predicted octanol–water partition coefficient (Wildman–Crippen LogP) is 3.37. The Hall–Kier alpha value is -3.10. The molecule has 0 aromatic heterocycles. The first-order valence-electron chi connectivity index (χ1n) is 7.71. The Morgan fingerprint density at radius 2 is 2.04 bits per heavy atom. The van der Waals surface area contributed by atoms with Crippen LogP contribution in [0.5, 0.6) is 5.75 Å². The molecule has 1 aliphatic carbocycles. The molecule has 2 atom stereocenters. The summed E-state index contributed by atoms with van der Waals surface area (Å²) in [6.07, 6.45) is 7.70. The van der Waals surface area contributed by atoms with E-state index in [0.717, 1.165) is 0 Å². The minimum atomic E-state index is -1.23. The first-order valence-corrected chi connectivity index (χ1v) is 7.71. The van der Waals surface area contributed by atoms with E-state index in [1.165, 1.54) is 12.2 Å². The zero-order chi connectivity index (χ0) is 18.3. The SMILES string of the molecule is C=CCOc1ccccc1C1(OCC=C)C=CC(C(=O)O)C=C1C#N. The highest BCUT2D eigenvalue weighted by atomic mass is 16.5. The molecule has 5 nitrogen and oxygen atoms in total. The molecule has 5 heteroatoms. The second-order valence-electron chi connectivity index (χ2n) is 5.35. The Balaban J connectivity index is 2.60. The Morgan fingerprint density at radius 3 is 2.68 bits per heavy atom. The number of carboxylic acid groups (broad SMARTS) is 1. The van der Waals surface area contributed by atoms with Crippen LogP contribution >= 0.6 is 0 Å². The van der Waals surface area contributed by atoms with Crippen molar-refractivity contribution < 1.29 is 19.4 Å². The molecule has 2 rings (SSSR count). The van der Waals surface area contributed by atoms with Crippen LogP contribution in [0.25, 0.3) is 0 Å². The standard InChI is InChI=1S/C20H19NO4/c1-3-11-24-18-8-6-5-7-17(18)20(25-12-4-2)10-9-15(19(22)23)13-16(20)14-21/h3-10,13,15H,1-2,11-12H2,(H,22,23). The number of aliphatic carboxylic acids is 1. The molecule has 0 aliphatic heterocycles. The van der Waals surface area contributed by atoms with Crippen molar-refractivity contribution in [3.05, 3.63) is 78.9 Å². The third-order valence-electron chi connectivity index (χ3n) is 3.76. The van der Waals surface area contributed by atoms with Crippen molar-refractivity contribution in [2.75, 3.05) is 13.2 Å². The van der Waals surface area contributed by atoms with Gasteiger partial charge in [0.05, 0.1) is 24.2 Å². The van der Waals surface area contributed by atoms with Gasteiger partial charge in [0.1, 0.15) is 18.0 Å². The van der Waals surface area contributed by atoms with E-state index in [0.29, 0.717) is 17.9 Å². The van der Waals surface area contributed by atoms with Crippen LogP contribution in [0.4, 0.5) is 0 Å².